The molecule has 1 unspecified atom stereocenters. The van der Waals surface area contributed by atoms with Gasteiger partial charge in [-0.2, -0.15) is 0 Å². The van der Waals surface area contributed by atoms with E-state index in [4.69, 9.17) is 15.5 Å². The van der Waals surface area contributed by atoms with Crippen molar-refractivity contribution in [1.29, 1.82) is 0 Å². The number of aromatic hydroxyl groups is 1. The minimum absolute atomic E-state index is 0.119. The molecule has 20 heavy (non-hydrogen) atoms. The summed E-state index contributed by atoms with van der Waals surface area (Å²) in [5, 5.41) is 10.7. The van der Waals surface area contributed by atoms with Crippen molar-refractivity contribution in [2.75, 3.05) is 6.61 Å². The molecular weight excluding hydrogens is 272 g/mol. The minimum Gasteiger partial charge on any atom is -0.504 e. The molecular formula is C15H18N2O2S. The highest BCUT2D eigenvalue weighted by Crippen LogP contribution is 2.39. The summed E-state index contributed by atoms with van der Waals surface area (Å²) in [5.41, 5.74) is 8.25. The van der Waals surface area contributed by atoms with Gasteiger partial charge in [0, 0.05) is 16.5 Å². The van der Waals surface area contributed by atoms with Crippen LogP contribution in [0.1, 0.15) is 36.4 Å². The Kier molecular flexibility index (Phi) is 3.63. The molecule has 0 spiro atoms. The van der Waals surface area contributed by atoms with E-state index >= 15 is 0 Å². The third-order valence-electron chi connectivity index (χ3n) is 3.50. The van der Waals surface area contributed by atoms with Crippen LogP contribution in [0.25, 0.3) is 10.6 Å². The Bertz CT molecular complexity index is 624. The van der Waals surface area contributed by atoms with E-state index in [0.717, 1.165) is 35.5 Å². The molecule has 1 aromatic heterocycles. The second kappa shape index (κ2) is 5.42. The molecule has 3 rings (SSSR count). The number of hydrogen-bond donors (Lipinski definition) is 2. The minimum atomic E-state index is 0.119. The van der Waals surface area contributed by atoms with Gasteiger partial charge in [0.1, 0.15) is 5.01 Å². The predicted octanol–water partition coefficient (Wildman–Crippen LogP) is 3.25. The molecule has 1 atom stereocenters. The average molecular weight is 290 g/mol. The van der Waals surface area contributed by atoms with Crippen molar-refractivity contribution in [3.05, 3.63) is 28.8 Å². The summed E-state index contributed by atoms with van der Waals surface area (Å²) in [7, 11) is 0. The highest BCUT2D eigenvalue weighted by atomic mass is 32.1. The lowest BCUT2D eigenvalue weighted by atomic mass is 9.99. The summed E-state index contributed by atoms with van der Waals surface area (Å²) in [6.45, 7) is 2.42. The second-order valence-electron chi connectivity index (χ2n) is 4.94. The number of aryl methyl sites for hydroxylation is 1. The van der Waals surface area contributed by atoms with Gasteiger partial charge in [0.05, 0.1) is 12.3 Å². The van der Waals surface area contributed by atoms with Crippen LogP contribution in [-0.4, -0.2) is 16.7 Å². The summed E-state index contributed by atoms with van der Waals surface area (Å²) >= 11 is 1.66. The molecule has 1 aliphatic rings. The number of rotatable bonds is 3. The topological polar surface area (TPSA) is 68.4 Å². The maximum Gasteiger partial charge on any atom is 0.161 e. The summed E-state index contributed by atoms with van der Waals surface area (Å²) < 4.78 is 5.42. The zero-order valence-corrected chi connectivity index (χ0v) is 12.2. The quantitative estimate of drug-likeness (QED) is 0.910. The van der Waals surface area contributed by atoms with Crippen molar-refractivity contribution in [3.63, 3.8) is 0 Å². The van der Waals surface area contributed by atoms with Crippen LogP contribution < -0.4 is 10.5 Å². The zero-order chi connectivity index (χ0) is 14.1. The predicted molar refractivity (Wildman–Crippen MR) is 80.3 cm³/mol. The number of aromatic nitrogens is 1. The van der Waals surface area contributed by atoms with Crippen molar-refractivity contribution in [1.82, 2.24) is 4.98 Å². The number of phenols is 1. The normalized spacial score (nSPS) is 17.8. The molecule has 5 heteroatoms. The van der Waals surface area contributed by atoms with E-state index in [2.05, 4.69) is 0 Å². The summed E-state index contributed by atoms with van der Waals surface area (Å²) in [5.74, 6) is 0.663. The van der Waals surface area contributed by atoms with Crippen molar-refractivity contribution in [2.45, 2.75) is 32.2 Å². The lowest BCUT2D eigenvalue weighted by molar-refractivity contribution is 0.318. The van der Waals surface area contributed by atoms with Crippen molar-refractivity contribution >= 4 is 11.3 Å². The number of fused-ring (bicyclic) bond motifs is 1. The van der Waals surface area contributed by atoms with Crippen molar-refractivity contribution in [2.24, 2.45) is 5.73 Å². The Morgan fingerprint density at radius 1 is 1.50 bits per heavy atom. The van der Waals surface area contributed by atoms with Gasteiger partial charge >= 0.3 is 0 Å². The molecule has 106 valence electrons. The molecule has 1 heterocycles. The van der Waals surface area contributed by atoms with E-state index in [0.29, 0.717) is 12.4 Å². The highest BCUT2D eigenvalue weighted by Gasteiger charge is 2.22. The van der Waals surface area contributed by atoms with Crippen LogP contribution >= 0.6 is 11.3 Å². The first-order valence-electron chi connectivity index (χ1n) is 6.90. The Morgan fingerprint density at radius 2 is 2.35 bits per heavy atom. The number of benzene rings is 1. The van der Waals surface area contributed by atoms with E-state index in [-0.39, 0.29) is 11.8 Å². The van der Waals surface area contributed by atoms with E-state index < -0.39 is 0 Å². The molecule has 0 amide bonds. The monoisotopic (exact) mass is 290 g/mol. The molecule has 4 nitrogen and oxygen atoms in total. The fourth-order valence-corrected chi connectivity index (χ4v) is 3.64. The number of nitrogens with two attached hydrogens (primary N) is 1. The Labute approximate surface area is 122 Å². The maximum atomic E-state index is 9.76. The van der Waals surface area contributed by atoms with Gasteiger partial charge in [-0.25, -0.2) is 4.98 Å². The zero-order valence-electron chi connectivity index (χ0n) is 11.4. The maximum absolute atomic E-state index is 9.76. The average Bonchev–Trinajstić information content (AvgIpc) is 2.87. The number of phenolic OH excluding ortho intramolecular Hbond substituents is 1. The molecule has 1 aromatic carbocycles. The van der Waals surface area contributed by atoms with Crippen LogP contribution in [0.3, 0.4) is 0 Å². The number of thiazole rings is 1. The van der Waals surface area contributed by atoms with E-state index in [1.165, 1.54) is 4.88 Å². The third-order valence-corrected chi connectivity index (χ3v) is 4.78. The Hall–Kier alpha value is -1.59. The van der Waals surface area contributed by atoms with Gasteiger partial charge in [-0.05, 0) is 44.4 Å². The molecule has 3 N–H and O–H groups in total. The van der Waals surface area contributed by atoms with E-state index in [9.17, 15) is 5.11 Å². The van der Waals surface area contributed by atoms with Gasteiger partial charge in [0.25, 0.3) is 0 Å². The molecule has 0 saturated carbocycles. The lowest BCUT2D eigenvalue weighted by Crippen LogP contribution is -2.15. The third kappa shape index (κ3) is 2.39. The van der Waals surface area contributed by atoms with Gasteiger partial charge < -0.3 is 15.6 Å². The second-order valence-corrected chi connectivity index (χ2v) is 5.97. The first-order valence-corrected chi connectivity index (χ1v) is 7.72. The van der Waals surface area contributed by atoms with Crippen LogP contribution in [0, 0.1) is 0 Å². The Morgan fingerprint density at radius 3 is 3.10 bits per heavy atom. The first-order chi connectivity index (χ1) is 9.69. The first kappa shape index (κ1) is 13.4. The van der Waals surface area contributed by atoms with Crippen molar-refractivity contribution in [3.8, 4) is 22.1 Å². The molecule has 0 fully saturated rings. The fourth-order valence-electron chi connectivity index (χ4n) is 2.49. The summed E-state index contributed by atoms with van der Waals surface area (Å²) in [6, 6.07) is 5.48. The number of ether oxygens (including phenoxy) is 1. The highest BCUT2D eigenvalue weighted by molar-refractivity contribution is 7.15. The summed E-state index contributed by atoms with van der Waals surface area (Å²) in [6.07, 6.45) is 3.15. The van der Waals surface area contributed by atoms with Crippen LogP contribution in [0.15, 0.2) is 18.2 Å². The molecule has 1 aliphatic carbocycles. The van der Waals surface area contributed by atoms with Gasteiger partial charge in [0.2, 0.25) is 0 Å². The van der Waals surface area contributed by atoms with Crippen LogP contribution in [-0.2, 0) is 6.42 Å². The molecule has 0 aliphatic heterocycles. The lowest BCUT2D eigenvalue weighted by Gasteiger charge is -2.15. The van der Waals surface area contributed by atoms with Gasteiger partial charge in [-0.1, -0.05) is 0 Å². The number of hydrogen-bond acceptors (Lipinski definition) is 5. The fraction of sp³-hybridized carbons (Fsp3) is 0.400. The number of nitrogens with zero attached hydrogens (tertiary/aromatic N) is 1. The summed E-state index contributed by atoms with van der Waals surface area (Å²) in [4.78, 5) is 5.91. The van der Waals surface area contributed by atoms with E-state index in [1.807, 2.05) is 19.1 Å². The van der Waals surface area contributed by atoms with Crippen LogP contribution in [0.4, 0.5) is 0 Å². The van der Waals surface area contributed by atoms with Crippen molar-refractivity contribution < 1.29 is 9.84 Å². The largest absolute Gasteiger partial charge is 0.504 e. The van der Waals surface area contributed by atoms with Crippen LogP contribution in [0.2, 0.25) is 0 Å². The molecule has 0 bridgehead atoms. The van der Waals surface area contributed by atoms with Crippen LogP contribution in [0.5, 0.6) is 11.5 Å². The Balaban J connectivity index is 1.99. The molecule has 0 saturated heterocycles. The van der Waals surface area contributed by atoms with Gasteiger partial charge in [-0.3, -0.25) is 0 Å². The SMILES string of the molecule is CCOc1cc(-c2nc3c(s2)C(N)CCC3)ccc1O. The smallest absolute Gasteiger partial charge is 0.161 e. The molecule has 2 aromatic rings. The van der Waals surface area contributed by atoms with Gasteiger partial charge in [0.15, 0.2) is 11.5 Å². The molecule has 0 radical (unpaired) electrons. The standard InChI is InChI=1S/C15H18N2O2S/c1-2-19-13-8-9(6-7-12(13)18)15-17-11-5-3-4-10(16)14(11)20-15/h6-8,10,18H,2-5,16H2,1H3. The van der Waals surface area contributed by atoms with Gasteiger partial charge in [-0.15, -0.1) is 11.3 Å². The van der Waals surface area contributed by atoms with E-state index in [1.54, 1.807) is 17.4 Å².